The van der Waals surface area contributed by atoms with Gasteiger partial charge < -0.3 is 15.4 Å². The molecule has 1 aliphatic rings. The lowest BCUT2D eigenvalue weighted by Crippen LogP contribution is -2.48. The fourth-order valence-electron chi connectivity index (χ4n) is 2.47. The highest BCUT2D eigenvalue weighted by Gasteiger charge is 2.21. The van der Waals surface area contributed by atoms with Crippen LogP contribution < -0.4 is 15.4 Å². The van der Waals surface area contributed by atoms with E-state index in [9.17, 15) is 4.79 Å². The molecule has 0 spiro atoms. The molecule has 104 valence electrons. The first-order valence-corrected chi connectivity index (χ1v) is 6.94. The van der Waals surface area contributed by atoms with E-state index in [2.05, 4.69) is 17.6 Å². The van der Waals surface area contributed by atoms with Gasteiger partial charge >= 0.3 is 0 Å². The van der Waals surface area contributed by atoms with E-state index in [0.29, 0.717) is 23.8 Å². The number of benzene rings is 1. The third-order valence-corrected chi connectivity index (χ3v) is 3.34. The van der Waals surface area contributed by atoms with Crippen LogP contribution in [-0.2, 0) is 0 Å². The third-order valence-electron chi connectivity index (χ3n) is 3.34. The molecule has 2 unspecified atom stereocenters. The molecule has 1 aromatic carbocycles. The van der Waals surface area contributed by atoms with Crippen LogP contribution in [0.25, 0.3) is 0 Å². The predicted octanol–water partition coefficient (Wildman–Crippen LogP) is 1.81. The fourth-order valence-corrected chi connectivity index (χ4v) is 2.47. The van der Waals surface area contributed by atoms with Crippen LogP contribution in [0.1, 0.15) is 30.6 Å². The van der Waals surface area contributed by atoms with E-state index >= 15 is 0 Å². The topological polar surface area (TPSA) is 50.4 Å². The molecule has 1 amide bonds. The minimum absolute atomic E-state index is 0.0510. The van der Waals surface area contributed by atoms with E-state index in [1.807, 2.05) is 25.1 Å². The molecule has 0 aliphatic carbocycles. The maximum Gasteiger partial charge on any atom is 0.255 e. The lowest BCUT2D eigenvalue weighted by molar-refractivity contribution is 0.0921. The van der Waals surface area contributed by atoms with Crippen molar-refractivity contribution in [3.05, 3.63) is 29.8 Å². The molecule has 1 heterocycles. The summed E-state index contributed by atoms with van der Waals surface area (Å²) in [5, 5.41) is 6.42. The maximum atomic E-state index is 12.3. The number of ether oxygens (including phenoxy) is 1. The van der Waals surface area contributed by atoms with Gasteiger partial charge in [-0.1, -0.05) is 19.1 Å². The smallest absolute Gasteiger partial charge is 0.255 e. The normalized spacial score (nSPS) is 22.8. The molecule has 0 aromatic heterocycles. The second-order valence-corrected chi connectivity index (χ2v) is 5.10. The lowest BCUT2D eigenvalue weighted by Gasteiger charge is -2.28. The van der Waals surface area contributed by atoms with Crippen molar-refractivity contribution in [1.29, 1.82) is 0 Å². The van der Waals surface area contributed by atoms with Crippen molar-refractivity contribution >= 4 is 5.91 Å². The third kappa shape index (κ3) is 3.70. The molecule has 1 aliphatic heterocycles. The summed E-state index contributed by atoms with van der Waals surface area (Å²) in [7, 11) is 0. The molecule has 0 radical (unpaired) electrons. The monoisotopic (exact) mass is 262 g/mol. The molecule has 1 fully saturated rings. The minimum Gasteiger partial charge on any atom is -0.493 e. The Morgan fingerprint density at radius 2 is 2.21 bits per heavy atom. The van der Waals surface area contributed by atoms with Crippen molar-refractivity contribution < 1.29 is 9.53 Å². The summed E-state index contributed by atoms with van der Waals surface area (Å²) in [5.74, 6) is 1.20. The highest BCUT2D eigenvalue weighted by Crippen LogP contribution is 2.18. The molecule has 4 heteroatoms. The summed E-state index contributed by atoms with van der Waals surface area (Å²) in [6.45, 7) is 6.54. The van der Waals surface area contributed by atoms with Crippen LogP contribution in [0.2, 0.25) is 0 Å². The van der Waals surface area contributed by atoms with Crippen molar-refractivity contribution in [2.45, 2.75) is 26.3 Å². The Morgan fingerprint density at radius 1 is 1.42 bits per heavy atom. The van der Waals surface area contributed by atoms with Crippen molar-refractivity contribution in [1.82, 2.24) is 10.6 Å². The zero-order chi connectivity index (χ0) is 13.7. The number of nitrogens with one attached hydrogen (secondary N) is 2. The second-order valence-electron chi connectivity index (χ2n) is 5.10. The molecule has 2 atom stereocenters. The molecule has 0 saturated carbocycles. The molecule has 1 aromatic rings. The Balaban J connectivity index is 2.03. The fraction of sp³-hybridized carbons (Fsp3) is 0.533. The van der Waals surface area contributed by atoms with E-state index in [-0.39, 0.29) is 11.9 Å². The first kappa shape index (κ1) is 13.9. The summed E-state index contributed by atoms with van der Waals surface area (Å²) >= 11 is 0. The van der Waals surface area contributed by atoms with E-state index in [4.69, 9.17) is 4.74 Å². The van der Waals surface area contributed by atoms with Gasteiger partial charge in [0.2, 0.25) is 0 Å². The van der Waals surface area contributed by atoms with Crippen LogP contribution in [0.4, 0.5) is 0 Å². The molecule has 2 N–H and O–H groups in total. The second kappa shape index (κ2) is 6.57. The number of carbonyl (C=O) groups excluding carboxylic acids is 1. The Labute approximate surface area is 114 Å². The van der Waals surface area contributed by atoms with Gasteiger partial charge in [-0.05, 0) is 37.9 Å². The van der Waals surface area contributed by atoms with E-state index in [1.54, 1.807) is 6.07 Å². The van der Waals surface area contributed by atoms with Gasteiger partial charge in [-0.15, -0.1) is 0 Å². The van der Waals surface area contributed by atoms with Crippen molar-refractivity contribution in [3.63, 3.8) is 0 Å². The van der Waals surface area contributed by atoms with Gasteiger partial charge in [0.15, 0.2) is 0 Å². The quantitative estimate of drug-likeness (QED) is 0.870. The number of hydrogen-bond acceptors (Lipinski definition) is 3. The molecule has 0 bridgehead atoms. The highest BCUT2D eigenvalue weighted by atomic mass is 16.5. The zero-order valence-corrected chi connectivity index (χ0v) is 11.6. The average Bonchev–Trinajstić information content (AvgIpc) is 2.39. The van der Waals surface area contributed by atoms with Crippen LogP contribution in [0, 0.1) is 5.92 Å². The number of para-hydroxylation sites is 1. The molecule has 4 nitrogen and oxygen atoms in total. The number of rotatable bonds is 4. The van der Waals surface area contributed by atoms with Gasteiger partial charge in [0.05, 0.1) is 12.2 Å². The summed E-state index contributed by atoms with van der Waals surface area (Å²) in [6.07, 6.45) is 1.02. The van der Waals surface area contributed by atoms with Gasteiger partial charge in [-0.3, -0.25) is 4.79 Å². The Bertz CT molecular complexity index is 434. The molecule has 1 saturated heterocycles. The van der Waals surface area contributed by atoms with E-state index in [1.165, 1.54) is 0 Å². The van der Waals surface area contributed by atoms with Crippen molar-refractivity contribution in [3.8, 4) is 5.75 Å². The summed E-state index contributed by atoms with van der Waals surface area (Å²) < 4.78 is 5.49. The van der Waals surface area contributed by atoms with Gasteiger partial charge in [0.25, 0.3) is 5.91 Å². The van der Waals surface area contributed by atoms with Crippen molar-refractivity contribution in [2.75, 3.05) is 19.7 Å². The lowest BCUT2D eigenvalue weighted by atomic mass is 9.97. The van der Waals surface area contributed by atoms with Gasteiger partial charge in [0, 0.05) is 12.6 Å². The SMILES string of the molecule is CCOc1ccccc1C(=O)NC1CNCC(C)C1. The number of carbonyl (C=O) groups is 1. The molecular formula is C15H22N2O2. The summed E-state index contributed by atoms with van der Waals surface area (Å²) in [5.41, 5.74) is 0.613. The Kier molecular flexibility index (Phi) is 4.80. The van der Waals surface area contributed by atoms with Crippen LogP contribution in [0.15, 0.2) is 24.3 Å². The largest absolute Gasteiger partial charge is 0.493 e. The van der Waals surface area contributed by atoms with Gasteiger partial charge in [-0.25, -0.2) is 0 Å². The van der Waals surface area contributed by atoms with Crippen molar-refractivity contribution in [2.24, 2.45) is 5.92 Å². The highest BCUT2D eigenvalue weighted by molar-refractivity contribution is 5.97. The Hall–Kier alpha value is -1.55. The first-order valence-electron chi connectivity index (χ1n) is 6.94. The van der Waals surface area contributed by atoms with Crippen LogP contribution in [0.5, 0.6) is 5.75 Å². The first-order chi connectivity index (χ1) is 9.20. The summed E-state index contributed by atoms with van der Waals surface area (Å²) in [6, 6.07) is 7.58. The van der Waals surface area contributed by atoms with Gasteiger partial charge in [-0.2, -0.15) is 0 Å². The minimum atomic E-state index is -0.0510. The number of piperidine rings is 1. The summed E-state index contributed by atoms with van der Waals surface area (Å²) in [4.78, 5) is 12.3. The average molecular weight is 262 g/mol. The number of hydrogen-bond donors (Lipinski definition) is 2. The van der Waals surface area contributed by atoms with Crippen LogP contribution >= 0.6 is 0 Å². The van der Waals surface area contributed by atoms with E-state index < -0.39 is 0 Å². The maximum absolute atomic E-state index is 12.3. The Morgan fingerprint density at radius 3 is 2.95 bits per heavy atom. The van der Waals surface area contributed by atoms with Crippen LogP contribution in [0.3, 0.4) is 0 Å². The van der Waals surface area contributed by atoms with Crippen LogP contribution in [-0.4, -0.2) is 31.6 Å². The zero-order valence-electron chi connectivity index (χ0n) is 11.6. The number of amides is 1. The molecule has 19 heavy (non-hydrogen) atoms. The molecule has 2 rings (SSSR count). The standard InChI is InChI=1S/C15H22N2O2/c1-3-19-14-7-5-4-6-13(14)15(18)17-12-8-11(2)9-16-10-12/h4-7,11-12,16H,3,8-10H2,1-2H3,(H,17,18). The molecular weight excluding hydrogens is 240 g/mol. The predicted molar refractivity (Wildman–Crippen MR) is 75.5 cm³/mol. The van der Waals surface area contributed by atoms with Gasteiger partial charge in [0.1, 0.15) is 5.75 Å². The van der Waals surface area contributed by atoms with E-state index in [0.717, 1.165) is 19.5 Å².